The number of benzene rings is 2. The standard InChI is InChI=1S/C16H15N/c1-12-10-17(11-13(12)2)16-8-7-14-5-3-4-6-15(14)9-16/h3-11H,1-2H3. The zero-order valence-corrected chi connectivity index (χ0v) is 10.1. The molecule has 0 fully saturated rings. The van der Waals surface area contributed by atoms with E-state index < -0.39 is 0 Å². The molecule has 0 N–H and O–H groups in total. The van der Waals surface area contributed by atoms with E-state index in [1.165, 1.54) is 27.6 Å². The second-order valence-electron chi connectivity index (χ2n) is 4.56. The van der Waals surface area contributed by atoms with Gasteiger partial charge in [-0.2, -0.15) is 0 Å². The van der Waals surface area contributed by atoms with E-state index in [1.54, 1.807) is 0 Å². The van der Waals surface area contributed by atoms with Crippen LogP contribution in [-0.2, 0) is 0 Å². The van der Waals surface area contributed by atoms with Crippen LogP contribution < -0.4 is 0 Å². The summed E-state index contributed by atoms with van der Waals surface area (Å²) in [5, 5.41) is 2.57. The third kappa shape index (κ3) is 1.74. The Kier molecular flexibility index (Phi) is 2.25. The lowest BCUT2D eigenvalue weighted by molar-refractivity contribution is 1.07. The van der Waals surface area contributed by atoms with E-state index in [0.29, 0.717) is 0 Å². The Balaban J connectivity index is 2.17. The van der Waals surface area contributed by atoms with Gasteiger partial charge in [0.05, 0.1) is 0 Å². The Bertz CT molecular complexity index is 657. The third-order valence-corrected chi connectivity index (χ3v) is 3.32. The lowest BCUT2D eigenvalue weighted by Gasteiger charge is -2.04. The normalized spacial score (nSPS) is 10.9. The Morgan fingerprint density at radius 2 is 1.41 bits per heavy atom. The zero-order valence-electron chi connectivity index (χ0n) is 10.1. The second-order valence-corrected chi connectivity index (χ2v) is 4.56. The molecule has 1 heteroatoms. The number of hydrogen-bond donors (Lipinski definition) is 0. The minimum Gasteiger partial charge on any atom is -0.323 e. The third-order valence-electron chi connectivity index (χ3n) is 3.32. The Morgan fingerprint density at radius 3 is 2.12 bits per heavy atom. The van der Waals surface area contributed by atoms with Gasteiger partial charge in [-0.1, -0.05) is 30.3 Å². The molecule has 3 rings (SSSR count). The Labute approximate surface area is 101 Å². The molecule has 0 aliphatic heterocycles. The Morgan fingerprint density at radius 1 is 0.765 bits per heavy atom. The van der Waals surface area contributed by atoms with Gasteiger partial charge in [0.25, 0.3) is 0 Å². The maximum Gasteiger partial charge on any atom is 0.0455 e. The highest BCUT2D eigenvalue weighted by molar-refractivity contribution is 5.84. The molecule has 1 heterocycles. The summed E-state index contributed by atoms with van der Waals surface area (Å²) in [6, 6.07) is 15.0. The summed E-state index contributed by atoms with van der Waals surface area (Å²) >= 11 is 0. The first-order chi connectivity index (χ1) is 8.24. The molecule has 1 nitrogen and oxygen atoms in total. The number of rotatable bonds is 1. The van der Waals surface area contributed by atoms with E-state index in [-0.39, 0.29) is 0 Å². The summed E-state index contributed by atoms with van der Waals surface area (Å²) in [7, 11) is 0. The fourth-order valence-corrected chi connectivity index (χ4v) is 2.14. The molecule has 0 spiro atoms. The van der Waals surface area contributed by atoms with Crippen LogP contribution in [0.2, 0.25) is 0 Å². The van der Waals surface area contributed by atoms with E-state index in [2.05, 4.69) is 73.3 Å². The van der Waals surface area contributed by atoms with Gasteiger partial charge >= 0.3 is 0 Å². The van der Waals surface area contributed by atoms with Gasteiger partial charge in [0.2, 0.25) is 0 Å². The van der Waals surface area contributed by atoms with Gasteiger partial charge in [0.1, 0.15) is 0 Å². The van der Waals surface area contributed by atoms with Gasteiger partial charge < -0.3 is 4.57 Å². The molecule has 84 valence electrons. The molecule has 0 atom stereocenters. The van der Waals surface area contributed by atoms with Crippen molar-refractivity contribution in [2.75, 3.05) is 0 Å². The van der Waals surface area contributed by atoms with Gasteiger partial charge in [-0.3, -0.25) is 0 Å². The fourth-order valence-electron chi connectivity index (χ4n) is 2.14. The SMILES string of the molecule is Cc1cn(-c2ccc3ccccc3c2)cc1C. The largest absolute Gasteiger partial charge is 0.323 e. The van der Waals surface area contributed by atoms with Crippen molar-refractivity contribution in [2.24, 2.45) is 0 Å². The highest BCUT2D eigenvalue weighted by atomic mass is 14.9. The lowest BCUT2D eigenvalue weighted by Crippen LogP contribution is -1.89. The summed E-state index contributed by atoms with van der Waals surface area (Å²) < 4.78 is 2.19. The number of aromatic nitrogens is 1. The highest BCUT2D eigenvalue weighted by Crippen LogP contribution is 2.20. The quantitative estimate of drug-likeness (QED) is 0.579. The summed E-state index contributed by atoms with van der Waals surface area (Å²) in [6.07, 6.45) is 4.36. The average Bonchev–Trinajstić information content (AvgIpc) is 2.69. The summed E-state index contributed by atoms with van der Waals surface area (Å²) in [5.74, 6) is 0. The highest BCUT2D eigenvalue weighted by Gasteiger charge is 2.01. The Hall–Kier alpha value is -2.02. The van der Waals surface area contributed by atoms with Crippen molar-refractivity contribution < 1.29 is 0 Å². The van der Waals surface area contributed by atoms with Crippen LogP contribution in [0.15, 0.2) is 54.9 Å². The van der Waals surface area contributed by atoms with Gasteiger partial charge in [0, 0.05) is 18.1 Å². The van der Waals surface area contributed by atoms with Crippen molar-refractivity contribution in [3.05, 3.63) is 66.0 Å². The maximum atomic E-state index is 2.23. The van der Waals surface area contributed by atoms with Gasteiger partial charge in [-0.25, -0.2) is 0 Å². The molecular weight excluding hydrogens is 206 g/mol. The van der Waals surface area contributed by atoms with Crippen LogP contribution in [0.5, 0.6) is 0 Å². The summed E-state index contributed by atoms with van der Waals surface area (Å²) in [4.78, 5) is 0. The predicted molar refractivity (Wildman–Crippen MR) is 72.7 cm³/mol. The van der Waals surface area contributed by atoms with Crippen molar-refractivity contribution in [3.8, 4) is 5.69 Å². The van der Waals surface area contributed by atoms with E-state index >= 15 is 0 Å². The number of fused-ring (bicyclic) bond motifs is 1. The molecule has 0 radical (unpaired) electrons. The number of aryl methyl sites for hydroxylation is 2. The van der Waals surface area contributed by atoms with E-state index in [4.69, 9.17) is 0 Å². The fraction of sp³-hybridized carbons (Fsp3) is 0.125. The molecular formula is C16H15N. The molecule has 0 amide bonds. The van der Waals surface area contributed by atoms with Gasteiger partial charge in [-0.15, -0.1) is 0 Å². The van der Waals surface area contributed by atoms with Gasteiger partial charge in [-0.05, 0) is 47.9 Å². The number of nitrogens with zero attached hydrogens (tertiary/aromatic N) is 1. The second kappa shape index (κ2) is 3.77. The monoisotopic (exact) mass is 221 g/mol. The predicted octanol–water partition coefficient (Wildman–Crippen LogP) is 4.25. The molecule has 2 aromatic carbocycles. The molecule has 0 saturated carbocycles. The molecule has 0 bridgehead atoms. The summed E-state index contributed by atoms with van der Waals surface area (Å²) in [5.41, 5.74) is 3.89. The molecule has 0 saturated heterocycles. The van der Waals surface area contributed by atoms with E-state index in [9.17, 15) is 0 Å². The molecule has 0 aliphatic carbocycles. The maximum absolute atomic E-state index is 2.23. The zero-order chi connectivity index (χ0) is 11.8. The molecule has 17 heavy (non-hydrogen) atoms. The lowest BCUT2D eigenvalue weighted by atomic mass is 10.1. The van der Waals surface area contributed by atoms with Crippen LogP contribution in [0.4, 0.5) is 0 Å². The van der Waals surface area contributed by atoms with Crippen molar-refractivity contribution >= 4 is 10.8 Å². The van der Waals surface area contributed by atoms with Crippen LogP contribution in [0.3, 0.4) is 0 Å². The molecule has 1 aromatic heterocycles. The first-order valence-corrected chi connectivity index (χ1v) is 5.88. The number of hydrogen-bond acceptors (Lipinski definition) is 0. The summed E-state index contributed by atoms with van der Waals surface area (Å²) in [6.45, 7) is 4.29. The van der Waals surface area contributed by atoms with Crippen molar-refractivity contribution in [1.82, 2.24) is 4.57 Å². The first kappa shape index (κ1) is 10.2. The average molecular weight is 221 g/mol. The van der Waals surface area contributed by atoms with Crippen LogP contribution in [0.25, 0.3) is 16.5 Å². The van der Waals surface area contributed by atoms with Crippen molar-refractivity contribution in [2.45, 2.75) is 13.8 Å². The van der Waals surface area contributed by atoms with Crippen LogP contribution in [0.1, 0.15) is 11.1 Å². The smallest absolute Gasteiger partial charge is 0.0455 e. The van der Waals surface area contributed by atoms with Crippen molar-refractivity contribution in [3.63, 3.8) is 0 Å². The van der Waals surface area contributed by atoms with Gasteiger partial charge in [0.15, 0.2) is 0 Å². The van der Waals surface area contributed by atoms with Crippen LogP contribution >= 0.6 is 0 Å². The minimum absolute atomic E-state index is 1.22. The molecule has 3 aromatic rings. The van der Waals surface area contributed by atoms with E-state index in [0.717, 1.165) is 0 Å². The van der Waals surface area contributed by atoms with Crippen LogP contribution in [0, 0.1) is 13.8 Å². The van der Waals surface area contributed by atoms with Crippen LogP contribution in [-0.4, -0.2) is 4.57 Å². The topological polar surface area (TPSA) is 4.93 Å². The molecule has 0 aliphatic rings. The van der Waals surface area contributed by atoms with E-state index in [1.807, 2.05) is 0 Å². The first-order valence-electron chi connectivity index (χ1n) is 5.88. The van der Waals surface area contributed by atoms with Crippen molar-refractivity contribution in [1.29, 1.82) is 0 Å². The molecule has 0 unspecified atom stereocenters. The minimum atomic E-state index is 1.22.